The summed E-state index contributed by atoms with van der Waals surface area (Å²) in [5, 5.41) is 15.0. The molecular weight excluding hydrogens is 324 g/mol. The Hall–Kier alpha value is -2.81. The number of nitrogens with one attached hydrogen (secondary N) is 1. The summed E-state index contributed by atoms with van der Waals surface area (Å²) in [6.45, 7) is 3.38. The van der Waals surface area contributed by atoms with Gasteiger partial charge in [0.1, 0.15) is 0 Å². The van der Waals surface area contributed by atoms with Crippen LogP contribution < -0.4 is 5.32 Å². The predicted molar refractivity (Wildman–Crippen MR) is 86.4 cm³/mol. The number of fused-ring (bicyclic) bond motifs is 1. The molecule has 0 unspecified atom stereocenters. The largest absolute Gasteiger partial charge is 0.381 e. The van der Waals surface area contributed by atoms with Gasteiger partial charge in [-0.2, -0.15) is 4.98 Å². The van der Waals surface area contributed by atoms with Gasteiger partial charge in [0.15, 0.2) is 17.3 Å². The van der Waals surface area contributed by atoms with Gasteiger partial charge in [0.25, 0.3) is 5.89 Å². The minimum Gasteiger partial charge on any atom is -0.381 e. The molecule has 9 nitrogen and oxygen atoms in total. The van der Waals surface area contributed by atoms with Crippen molar-refractivity contribution in [3.63, 3.8) is 0 Å². The second-order valence-corrected chi connectivity index (χ2v) is 6.01. The van der Waals surface area contributed by atoms with Crippen molar-refractivity contribution >= 4 is 11.6 Å². The van der Waals surface area contributed by atoms with Crippen molar-refractivity contribution in [1.29, 1.82) is 0 Å². The summed E-state index contributed by atoms with van der Waals surface area (Å²) in [7, 11) is 0. The highest BCUT2D eigenvalue weighted by Crippen LogP contribution is 2.19. The molecule has 1 fully saturated rings. The van der Waals surface area contributed by atoms with Crippen LogP contribution in [0.15, 0.2) is 22.9 Å². The Balaban J connectivity index is 1.48. The second kappa shape index (κ2) is 6.60. The maximum Gasteiger partial charge on any atom is 0.258 e. The summed E-state index contributed by atoms with van der Waals surface area (Å²) in [4.78, 5) is 16.4. The van der Waals surface area contributed by atoms with Crippen LogP contribution in [0.1, 0.15) is 24.5 Å². The van der Waals surface area contributed by atoms with Crippen molar-refractivity contribution in [3.05, 3.63) is 30.0 Å². The number of carbonyl (C=O) groups is 1. The first kappa shape index (κ1) is 15.7. The van der Waals surface area contributed by atoms with E-state index in [9.17, 15) is 4.79 Å². The standard InChI is InChI=1S/C16H18N6O3/c1-10-18-16(25-21-10)12-2-5-22-13(8-12)19-20-14(22)9-17-15(23)11-3-6-24-7-4-11/h2,5,8,11H,3-4,6-7,9H2,1H3,(H,17,23). The Bertz CT molecular complexity index is 896. The quantitative estimate of drug-likeness (QED) is 0.757. The molecule has 0 aromatic carbocycles. The van der Waals surface area contributed by atoms with E-state index in [2.05, 4.69) is 25.7 Å². The van der Waals surface area contributed by atoms with Gasteiger partial charge in [-0.1, -0.05) is 5.16 Å². The lowest BCUT2D eigenvalue weighted by Gasteiger charge is -2.20. The molecule has 4 heterocycles. The molecule has 0 spiro atoms. The first-order valence-electron chi connectivity index (χ1n) is 8.20. The maximum atomic E-state index is 12.2. The third kappa shape index (κ3) is 3.22. The zero-order valence-corrected chi connectivity index (χ0v) is 13.8. The van der Waals surface area contributed by atoms with Crippen molar-refractivity contribution in [2.75, 3.05) is 13.2 Å². The van der Waals surface area contributed by atoms with Gasteiger partial charge in [0, 0.05) is 30.9 Å². The summed E-state index contributed by atoms with van der Waals surface area (Å²) in [5.41, 5.74) is 1.43. The van der Waals surface area contributed by atoms with Gasteiger partial charge in [-0.05, 0) is 31.9 Å². The third-order valence-corrected chi connectivity index (χ3v) is 4.27. The lowest BCUT2D eigenvalue weighted by Crippen LogP contribution is -2.34. The monoisotopic (exact) mass is 342 g/mol. The summed E-state index contributed by atoms with van der Waals surface area (Å²) in [6.07, 6.45) is 3.36. The van der Waals surface area contributed by atoms with Crippen LogP contribution in [-0.2, 0) is 16.1 Å². The van der Waals surface area contributed by atoms with Gasteiger partial charge < -0.3 is 14.6 Å². The van der Waals surface area contributed by atoms with Gasteiger partial charge in [-0.15, -0.1) is 10.2 Å². The zero-order chi connectivity index (χ0) is 17.2. The van der Waals surface area contributed by atoms with Crippen molar-refractivity contribution < 1.29 is 14.1 Å². The van der Waals surface area contributed by atoms with Gasteiger partial charge in [0.05, 0.1) is 6.54 Å². The SMILES string of the molecule is Cc1noc(-c2ccn3c(CNC(=O)C4CCOCC4)nnc3c2)n1. The normalized spacial score (nSPS) is 15.6. The fourth-order valence-corrected chi connectivity index (χ4v) is 2.88. The number of amides is 1. The Morgan fingerprint density at radius 1 is 1.36 bits per heavy atom. The van der Waals surface area contributed by atoms with E-state index in [0.717, 1.165) is 18.4 Å². The maximum absolute atomic E-state index is 12.2. The average Bonchev–Trinajstić information content (AvgIpc) is 3.26. The number of pyridine rings is 1. The molecule has 25 heavy (non-hydrogen) atoms. The Morgan fingerprint density at radius 2 is 2.20 bits per heavy atom. The van der Waals surface area contributed by atoms with E-state index < -0.39 is 0 Å². The molecular formula is C16H18N6O3. The number of hydrogen-bond acceptors (Lipinski definition) is 7. The highest BCUT2D eigenvalue weighted by molar-refractivity contribution is 5.78. The topological polar surface area (TPSA) is 107 Å². The number of ether oxygens (including phenoxy) is 1. The van der Waals surface area contributed by atoms with Gasteiger partial charge in [-0.25, -0.2) is 0 Å². The number of hydrogen-bond donors (Lipinski definition) is 1. The van der Waals surface area contributed by atoms with E-state index in [1.165, 1.54) is 0 Å². The minimum absolute atomic E-state index is 0.0142. The van der Waals surface area contributed by atoms with Crippen LogP contribution in [0.4, 0.5) is 0 Å². The molecule has 1 amide bonds. The van der Waals surface area contributed by atoms with E-state index in [1.54, 1.807) is 6.92 Å². The van der Waals surface area contributed by atoms with Crippen molar-refractivity contribution in [3.8, 4) is 11.5 Å². The average molecular weight is 342 g/mol. The highest BCUT2D eigenvalue weighted by atomic mass is 16.5. The van der Waals surface area contributed by atoms with E-state index in [0.29, 0.717) is 42.9 Å². The summed E-state index contributed by atoms with van der Waals surface area (Å²) < 4.78 is 12.3. The molecule has 3 aromatic heterocycles. The predicted octanol–water partition coefficient (Wildman–Crippen LogP) is 1.13. The number of rotatable bonds is 4. The second-order valence-electron chi connectivity index (χ2n) is 6.01. The van der Waals surface area contributed by atoms with Crippen LogP contribution >= 0.6 is 0 Å². The molecule has 1 aliphatic heterocycles. The molecule has 130 valence electrons. The lowest BCUT2D eigenvalue weighted by molar-refractivity contribution is -0.128. The van der Waals surface area contributed by atoms with E-state index in [-0.39, 0.29) is 11.8 Å². The first-order valence-corrected chi connectivity index (χ1v) is 8.20. The molecule has 1 saturated heterocycles. The van der Waals surface area contributed by atoms with Crippen LogP contribution in [0.5, 0.6) is 0 Å². The van der Waals surface area contributed by atoms with Crippen molar-refractivity contribution in [2.45, 2.75) is 26.3 Å². The molecule has 0 atom stereocenters. The Kier molecular flexibility index (Phi) is 4.14. The first-order chi connectivity index (χ1) is 12.2. The molecule has 3 aromatic rings. The van der Waals surface area contributed by atoms with E-state index in [1.807, 2.05) is 22.7 Å². The molecule has 0 radical (unpaired) electrons. The van der Waals surface area contributed by atoms with Crippen LogP contribution in [0.2, 0.25) is 0 Å². The van der Waals surface area contributed by atoms with E-state index >= 15 is 0 Å². The fraction of sp³-hybridized carbons (Fsp3) is 0.438. The Morgan fingerprint density at radius 3 is 2.96 bits per heavy atom. The molecule has 0 saturated carbocycles. The molecule has 0 bridgehead atoms. The van der Waals surface area contributed by atoms with Gasteiger partial charge >= 0.3 is 0 Å². The fourth-order valence-electron chi connectivity index (χ4n) is 2.88. The zero-order valence-electron chi connectivity index (χ0n) is 13.8. The molecule has 9 heteroatoms. The van der Waals surface area contributed by atoms with Gasteiger partial charge in [-0.3, -0.25) is 9.20 Å². The lowest BCUT2D eigenvalue weighted by atomic mass is 9.99. The van der Waals surface area contributed by atoms with Crippen LogP contribution in [-0.4, -0.2) is 43.9 Å². The summed E-state index contributed by atoms with van der Waals surface area (Å²) in [5.74, 6) is 1.74. The molecule has 1 N–H and O–H groups in total. The molecule has 1 aliphatic rings. The minimum atomic E-state index is 0.0142. The number of nitrogens with zero attached hydrogens (tertiary/aromatic N) is 5. The Labute approximate surface area is 143 Å². The molecule has 0 aliphatic carbocycles. The number of aryl methyl sites for hydroxylation is 1. The van der Waals surface area contributed by atoms with Crippen molar-refractivity contribution in [1.82, 2.24) is 30.1 Å². The highest BCUT2D eigenvalue weighted by Gasteiger charge is 2.21. The van der Waals surface area contributed by atoms with Gasteiger partial charge in [0.2, 0.25) is 5.91 Å². The van der Waals surface area contributed by atoms with Crippen LogP contribution in [0, 0.1) is 12.8 Å². The number of carbonyl (C=O) groups excluding carboxylic acids is 1. The summed E-state index contributed by atoms with van der Waals surface area (Å²) >= 11 is 0. The van der Waals surface area contributed by atoms with Crippen LogP contribution in [0.3, 0.4) is 0 Å². The van der Waals surface area contributed by atoms with Crippen molar-refractivity contribution in [2.24, 2.45) is 5.92 Å². The molecule has 4 rings (SSSR count). The smallest absolute Gasteiger partial charge is 0.258 e. The number of aromatic nitrogens is 5. The summed E-state index contributed by atoms with van der Waals surface area (Å²) in [6, 6.07) is 3.68. The third-order valence-electron chi connectivity index (χ3n) is 4.27. The van der Waals surface area contributed by atoms with E-state index in [4.69, 9.17) is 9.26 Å². The van der Waals surface area contributed by atoms with Crippen LogP contribution in [0.25, 0.3) is 17.1 Å².